The van der Waals surface area contributed by atoms with Gasteiger partial charge in [0.05, 0.1) is 11.8 Å². The van der Waals surface area contributed by atoms with Gasteiger partial charge < -0.3 is 21.1 Å². The summed E-state index contributed by atoms with van der Waals surface area (Å²) in [6.07, 6.45) is 5.28. The topological polar surface area (TPSA) is 126 Å². The van der Waals surface area contributed by atoms with Gasteiger partial charge in [-0.1, -0.05) is 0 Å². The lowest BCUT2D eigenvalue weighted by Gasteiger charge is -2.31. The van der Waals surface area contributed by atoms with E-state index in [1.807, 2.05) is 30.0 Å². The summed E-state index contributed by atoms with van der Waals surface area (Å²) < 4.78 is 1.52. The first kappa shape index (κ1) is 22.0. The molecule has 1 atom stereocenters. The van der Waals surface area contributed by atoms with Crippen molar-refractivity contribution in [2.75, 3.05) is 12.3 Å². The number of nitrogen functional groups attached to an aromatic ring is 1. The standard InChI is InChI=1S/C26H30N6O3/c1-13-7-17(10-18-12-31(26(35)21(13)18)14(2)16-3-4-16)20-5-6-32-24(29-20)22(23(27)30-32)25(34)28-11-15-8-19(33)9-15/h5-7,10,14-16,19,33H,3-4,8-9,11-12H2,1-2H3,(H2,27,30)(H,28,34)/t14-,15?,19?/m0/s1. The van der Waals surface area contributed by atoms with Gasteiger partial charge in [0.25, 0.3) is 11.8 Å². The van der Waals surface area contributed by atoms with E-state index in [4.69, 9.17) is 10.7 Å². The number of rotatable bonds is 6. The van der Waals surface area contributed by atoms with Crippen molar-refractivity contribution in [1.82, 2.24) is 24.8 Å². The Morgan fingerprint density at radius 1 is 1.31 bits per heavy atom. The van der Waals surface area contributed by atoms with Crippen LogP contribution in [0.25, 0.3) is 16.9 Å². The first-order valence-corrected chi connectivity index (χ1v) is 12.4. The van der Waals surface area contributed by atoms with Crippen molar-refractivity contribution < 1.29 is 14.7 Å². The zero-order chi connectivity index (χ0) is 24.4. The van der Waals surface area contributed by atoms with Crippen molar-refractivity contribution in [2.45, 2.75) is 58.2 Å². The van der Waals surface area contributed by atoms with E-state index < -0.39 is 0 Å². The number of aliphatic hydroxyl groups is 1. The SMILES string of the molecule is Cc1cc(-c2ccn3nc(N)c(C(=O)NCC4CC(O)C4)c3n2)cc2c1C(=O)N([C@@H](C)C1CC1)C2. The predicted molar refractivity (Wildman–Crippen MR) is 131 cm³/mol. The van der Waals surface area contributed by atoms with E-state index in [-0.39, 0.29) is 41.3 Å². The Hall–Kier alpha value is -3.46. The van der Waals surface area contributed by atoms with E-state index in [1.165, 1.54) is 17.4 Å². The van der Waals surface area contributed by atoms with Gasteiger partial charge in [0.1, 0.15) is 5.56 Å². The Balaban J connectivity index is 1.30. The summed E-state index contributed by atoms with van der Waals surface area (Å²) in [5, 5.41) is 16.6. The van der Waals surface area contributed by atoms with Gasteiger partial charge in [-0.25, -0.2) is 9.50 Å². The Kier molecular flexibility index (Phi) is 5.07. The van der Waals surface area contributed by atoms with Crippen LogP contribution in [0.2, 0.25) is 0 Å². The number of amides is 2. The maximum absolute atomic E-state index is 13.1. The number of aliphatic hydroxyl groups excluding tert-OH is 1. The summed E-state index contributed by atoms with van der Waals surface area (Å²) in [4.78, 5) is 32.8. The molecule has 6 rings (SSSR count). The molecule has 9 heteroatoms. The van der Waals surface area contributed by atoms with Crippen molar-refractivity contribution >= 4 is 23.3 Å². The first-order valence-electron chi connectivity index (χ1n) is 12.4. The minimum absolute atomic E-state index is 0.119. The maximum Gasteiger partial charge on any atom is 0.258 e. The molecular formula is C26H30N6O3. The molecule has 1 aromatic carbocycles. The smallest absolute Gasteiger partial charge is 0.258 e. The highest BCUT2D eigenvalue weighted by Crippen LogP contribution is 2.39. The van der Waals surface area contributed by atoms with E-state index in [1.54, 1.807) is 6.20 Å². The summed E-state index contributed by atoms with van der Waals surface area (Å²) in [6.45, 7) is 5.22. The minimum atomic E-state index is -0.316. The molecule has 4 N–H and O–H groups in total. The number of benzene rings is 1. The summed E-state index contributed by atoms with van der Waals surface area (Å²) >= 11 is 0. The van der Waals surface area contributed by atoms with Crippen molar-refractivity contribution in [1.29, 1.82) is 0 Å². The van der Waals surface area contributed by atoms with E-state index in [2.05, 4.69) is 17.3 Å². The number of nitrogens with one attached hydrogen (secondary N) is 1. The van der Waals surface area contributed by atoms with Gasteiger partial charge in [-0.15, -0.1) is 5.10 Å². The molecule has 0 radical (unpaired) electrons. The first-order chi connectivity index (χ1) is 16.8. The van der Waals surface area contributed by atoms with Crippen LogP contribution in [-0.4, -0.2) is 55.1 Å². The third-order valence-corrected chi connectivity index (χ3v) is 7.83. The summed E-state index contributed by atoms with van der Waals surface area (Å²) in [5.74, 6) is 0.821. The van der Waals surface area contributed by atoms with E-state index in [9.17, 15) is 14.7 Å². The van der Waals surface area contributed by atoms with Gasteiger partial charge in [0.2, 0.25) is 0 Å². The van der Waals surface area contributed by atoms with Gasteiger partial charge in [-0.2, -0.15) is 0 Å². The van der Waals surface area contributed by atoms with Crippen LogP contribution >= 0.6 is 0 Å². The van der Waals surface area contributed by atoms with Crippen LogP contribution in [0.3, 0.4) is 0 Å². The van der Waals surface area contributed by atoms with Crippen LogP contribution < -0.4 is 11.1 Å². The fraction of sp³-hybridized carbons (Fsp3) is 0.462. The quantitative estimate of drug-likeness (QED) is 0.504. The molecule has 0 bridgehead atoms. The van der Waals surface area contributed by atoms with E-state index in [0.29, 0.717) is 43.2 Å². The normalized spacial score (nSPS) is 22.3. The highest BCUT2D eigenvalue weighted by atomic mass is 16.3. The second-order valence-electron chi connectivity index (χ2n) is 10.4. The highest BCUT2D eigenvalue weighted by molar-refractivity contribution is 6.04. The zero-order valence-corrected chi connectivity index (χ0v) is 20.0. The molecule has 2 fully saturated rings. The van der Waals surface area contributed by atoms with Crippen LogP contribution in [0.15, 0.2) is 24.4 Å². The summed E-state index contributed by atoms with van der Waals surface area (Å²) in [7, 11) is 0. The number of nitrogens with zero attached hydrogens (tertiary/aromatic N) is 4. The van der Waals surface area contributed by atoms with Gasteiger partial charge in [0.15, 0.2) is 11.5 Å². The van der Waals surface area contributed by atoms with Crippen LogP contribution in [0.1, 0.15) is 64.4 Å². The van der Waals surface area contributed by atoms with E-state index in [0.717, 1.165) is 22.3 Å². The van der Waals surface area contributed by atoms with Crippen LogP contribution in [0, 0.1) is 18.8 Å². The Morgan fingerprint density at radius 3 is 2.80 bits per heavy atom. The Bertz CT molecular complexity index is 1350. The minimum Gasteiger partial charge on any atom is -0.393 e. The van der Waals surface area contributed by atoms with Crippen molar-refractivity contribution in [3.8, 4) is 11.3 Å². The number of carbonyl (C=O) groups is 2. The second-order valence-corrected chi connectivity index (χ2v) is 10.4. The van der Waals surface area contributed by atoms with Crippen molar-refractivity contribution in [3.05, 3.63) is 46.6 Å². The lowest BCUT2D eigenvalue weighted by Crippen LogP contribution is -2.38. The summed E-state index contributed by atoms with van der Waals surface area (Å²) in [6, 6.07) is 6.13. The van der Waals surface area contributed by atoms with Gasteiger partial charge in [0, 0.05) is 36.5 Å². The monoisotopic (exact) mass is 474 g/mol. The number of anilines is 1. The molecule has 3 aliphatic rings. The fourth-order valence-electron chi connectivity index (χ4n) is 5.52. The predicted octanol–water partition coefficient (Wildman–Crippen LogP) is 2.54. The van der Waals surface area contributed by atoms with Gasteiger partial charge in [-0.3, -0.25) is 9.59 Å². The molecule has 3 aromatic rings. The van der Waals surface area contributed by atoms with Crippen molar-refractivity contribution in [2.24, 2.45) is 11.8 Å². The summed E-state index contributed by atoms with van der Waals surface area (Å²) in [5.41, 5.74) is 11.1. The molecule has 2 aliphatic carbocycles. The van der Waals surface area contributed by atoms with Crippen LogP contribution in [0.5, 0.6) is 0 Å². The average Bonchev–Trinajstić information content (AvgIpc) is 3.52. The number of carbonyl (C=O) groups excluding carboxylic acids is 2. The molecule has 1 aliphatic heterocycles. The number of fused-ring (bicyclic) bond motifs is 2. The Labute approximate surface area is 203 Å². The van der Waals surface area contributed by atoms with Crippen molar-refractivity contribution in [3.63, 3.8) is 0 Å². The molecule has 35 heavy (non-hydrogen) atoms. The lowest BCUT2D eigenvalue weighted by molar-refractivity contribution is 0.0420. The average molecular weight is 475 g/mol. The van der Waals surface area contributed by atoms with Gasteiger partial charge >= 0.3 is 0 Å². The molecule has 9 nitrogen and oxygen atoms in total. The molecule has 2 amide bonds. The molecule has 0 saturated heterocycles. The number of hydrogen-bond acceptors (Lipinski definition) is 6. The molecule has 3 heterocycles. The molecule has 0 unspecified atom stereocenters. The molecule has 182 valence electrons. The molecule has 0 spiro atoms. The molecule has 2 saturated carbocycles. The third kappa shape index (κ3) is 3.74. The van der Waals surface area contributed by atoms with Crippen LogP contribution in [-0.2, 0) is 6.54 Å². The molecule has 2 aromatic heterocycles. The molecular weight excluding hydrogens is 444 g/mol. The Morgan fingerprint density at radius 2 is 2.09 bits per heavy atom. The highest BCUT2D eigenvalue weighted by Gasteiger charge is 2.39. The zero-order valence-electron chi connectivity index (χ0n) is 20.0. The second kappa shape index (κ2) is 8.05. The van der Waals surface area contributed by atoms with E-state index >= 15 is 0 Å². The largest absolute Gasteiger partial charge is 0.393 e. The van der Waals surface area contributed by atoms with Gasteiger partial charge in [-0.05, 0) is 80.7 Å². The number of aryl methyl sites for hydroxylation is 1. The fourth-order valence-corrected chi connectivity index (χ4v) is 5.52. The lowest BCUT2D eigenvalue weighted by atomic mass is 9.82. The van der Waals surface area contributed by atoms with Crippen LogP contribution in [0.4, 0.5) is 5.82 Å². The maximum atomic E-state index is 13.1. The number of nitrogens with two attached hydrogens (primary N) is 1. The number of aromatic nitrogens is 3. The number of hydrogen-bond donors (Lipinski definition) is 3. The third-order valence-electron chi connectivity index (χ3n) is 7.83.